The van der Waals surface area contributed by atoms with Crippen LogP contribution in [0.3, 0.4) is 0 Å². The number of carbonyl (C=O) groups is 4. The van der Waals surface area contributed by atoms with Gasteiger partial charge in [0.05, 0.1) is 69.0 Å². The number of amides is 3. The van der Waals surface area contributed by atoms with Crippen LogP contribution in [0.15, 0.2) is 193 Å². The third-order valence-corrected chi connectivity index (χ3v) is 25.7. The number of nitrogens with zero attached hydrogens (tertiary/aromatic N) is 6. The van der Waals surface area contributed by atoms with Crippen LogP contribution in [0.1, 0.15) is 211 Å². The van der Waals surface area contributed by atoms with E-state index in [1.807, 2.05) is 39.0 Å². The van der Waals surface area contributed by atoms with Gasteiger partial charge >= 0.3 is 0 Å². The zero-order valence-corrected chi connectivity index (χ0v) is 79.7. The van der Waals surface area contributed by atoms with Crippen LogP contribution in [0.2, 0.25) is 20.1 Å². The molecular weight excluding hydrogens is 1780 g/mol. The number of fused-ring (bicyclic) bond motifs is 2. The number of unbranched alkanes of at least 4 members (excludes halogenated alkanes) is 10. The van der Waals surface area contributed by atoms with Crippen molar-refractivity contribution in [2.75, 3.05) is 37.7 Å². The number of benzene rings is 10. The maximum absolute atomic E-state index is 14.2. The number of hydrogen-bond donors (Lipinski definition) is 5. The van der Waals surface area contributed by atoms with Gasteiger partial charge in [-0.3, -0.25) is 19.2 Å². The maximum atomic E-state index is 14.2. The lowest BCUT2D eigenvalue weighted by atomic mass is 9.76. The van der Waals surface area contributed by atoms with E-state index in [-0.39, 0.29) is 101 Å². The first-order valence-electron chi connectivity index (χ1n) is 43.1. The number of methoxy groups -OCH3 is 2. The second kappa shape index (κ2) is 44.8. The SMILES string of the molecule is CCC(C)(C)c1ccc(OCCCCNC(=O)c2cc(Oc3ccc(N=Nc4c(S(=O)(=O)[O-])cc5cc(S(=O)(=O)[O-])cc(NC(C)=O)c5c4O)cc3)c3ccccc3c2O)c(C(C)(C)CC)c1.CCCCCCCCCCCCC(Oc1ccc(O)c(C(C)(C)C)c1)C(=O)Cc1ccc(Cl)c(CC2=NN(c3c(Cl)cc(Cl)cc3Cl)C(=O)C2N=Nc2ccc(OC)c(OC)c2)c1. The standard InChI is InChI=1S/C49H58Cl4N4O6.C49H54N4O12S2/c1-7-8-9-10-11-12-13-14-15-16-17-43(63-35-20-22-41(58)36(30-35)49(2,3)4)42(59)25-31-18-21-37(51)32(24-31)26-40-46(55-54-34-19-23-44(61-5)45(29-34)62-6)48(60)57(56-40)47-38(52)27-33(50)28-39(47)53;1-8-48(4,5)31-16-21-40(38(26-31)49(6,7)9-2)64-23-13-12-22-50-47(57)37-28-41(35-14-10-11-15-36(35)45(37)55)65-33-19-17-32(18-20-33)52-53-44-42(67(61,62)63)25-30-24-34(66(58,59)60)27-39(51-29(3)54)43(30)46(44)56/h18-24,27-30,43,46,58H,7-17,25-26H2,1-6H3;10-11,14-21,24-28,55-56H,8-9,12-13,22-23H2,1-7H3,(H,50,57)(H,51,54)(H,58,59,60)(H,61,62,63)/p-2. The molecular formula is C98H110Cl4N8O18S2-2. The quantitative estimate of drug-likeness (QED) is 0.0135. The Bertz CT molecular complexity index is 6120. The molecule has 10 aromatic carbocycles. The Morgan fingerprint density at radius 3 is 1.88 bits per heavy atom. The van der Waals surface area contributed by atoms with Gasteiger partial charge in [-0.05, 0) is 180 Å². The Balaban J connectivity index is 0.000000271. The number of halogens is 4. The van der Waals surface area contributed by atoms with Gasteiger partial charge in [-0.25, -0.2) is 16.8 Å². The average Bonchev–Trinajstić information content (AvgIpc) is 1.07. The number of azo groups is 2. The summed E-state index contributed by atoms with van der Waals surface area (Å²) in [5.74, 6) is -0.0136. The fraction of sp³-hybridized carbons (Fsp3) is 0.378. The summed E-state index contributed by atoms with van der Waals surface area (Å²) in [7, 11) is -7.48. The zero-order valence-electron chi connectivity index (χ0n) is 75.1. The average molecular weight is 1890 g/mol. The lowest BCUT2D eigenvalue weighted by Crippen LogP contribution is -2.31. The molecule has 1 aliphatic rings. The lowest BCUT2D eigenvalue weighted by Gasteiger charge is -2.30. The van der Waals surface area contributed by atoms with E-state index in [1.54, 1.807) is 60.7 Å². The molecule has 0 spiro atoms. The number of rotatable bonds is 41. The Morgan fingerprint density at radius 2 is 1.25 bits per heavy atom. The van der Waals surface area contributed by atoms with Crippen molar-refractivity contribution in [1.29, 1.82) is 0 Å². The normalized spacial score (nSPS) is 13.5. The summed E-state index contributed by atoms with van der Waals surface area (Å²) in [5.41, 5.74) is 3.92. The number of carbonyl (C=O) groups excluding carboxylic acids is 4. The van der Waals surface area contributed by atoms with Gasteiger partial charge < -0.3 is 58.7 Å². The molecule has 692 valence electrons. The molecule has 0 fully saturated rings. The van der Waals surface area contributed by atoms with Crippen molar-refractivity contribution in [2.24, 2.45) is 25.6 Å². The molecule has 3 amide bonds. The predicted octanol–water partition coefficient (Wildman–Crippen LogP) is 24.6. The second-order valence-corrected chi connectivity index (χ2v) is 38.6. The van der Waals surface area contributed by atoms with Gasteiger partial charge in [0.1, 0.15) is 66.1 Å². The molecule has 0 saturated heterocycles. The van der Waals surface area contributed by atoms with Crippen LogP contribution in [0.4, 0.5) is 28.4 Å². The number of nitrogens with one attached hydrogen (secondary N) is 2. The van der Waals surface area contributed by atoms with E-state index in [1.165, 1.54) is 113 Å². The Kier molecular flexibility index (Phi) is 34.9. The molecule has 0 saturated carbocycles. The predicted molar refractivity (Wildman–Crippen MR) is 508 cm³/mol. The molecule has 26 nitrogen and oxygen atoms in total. The van der Waals surface area contributed by atoms with Crippen molar-refractivity contribution in [3.8, 4) is 51.7 Å². The van der Waals surface area contributed by atoms with E-state index in [0.29, 0.717) is 99.1 Å². The summed E-state index contributed by atoms with van der Waals surface area (Å²) in [6.45, 7) is 23.4. The van der Waals surface area contributed by atoms with Crippen LogP contribution in [-0.2, 0) is 63.7 Å². The minimum Gasteiger partial charge on any atom is -0.744 e. The molecule has 5 N–H and O–H groups in total. The molecule has 11 rings (SSSR count). The third-order valence-electron chi connectivity index (χ3n) is 22.8. The number of phenolic OH excluding ortho intramolecular Hbond substituents is 3. The monoisotopic (exact) mass is 1890 g/mol. The first kappa shape index (κ1) is 101. The number of phenols is 3. The Labute approximate surface area is 779 Å². The summed E-state index contributed by atoms with van der Waals surface area (Å²) in [6, 6.07) is 40.1. The van der Waals surface area contributed by atoms with Crippen LogP contribution in [0, 0.1) is 0 Å². The molecule has 2 atom stereocenters. The van der Waals surface area contributed by atoms with Crippen molar-refractivity contribution in [3.05, 3.63) is 211 Å². The number of hydrogen-bond acceptors (Lipinski definition) is 23. The molecule has 32 heteroatoms. The van der Waals surface area contributed by atoms with Crippen LogP contribution in [0.25, 0.3) is 21.5 Å². The number of aromatic hydroxyl groups is 3. The van der Waals surface area contributed by atoms with Crippen molar-refractivity contribution in [3.63, 3.8) is 0 Å². The summed E-state index contributed by atoms with van der Waals surface area (Å²) < 4.78 is 102. The number of hydrazone groups is 1. The minimum atomic E-state index is -5.39. The second-order valence-electron chi connectivity index (χ2n) is 34.2. The number of Topliss-reactive ketones (excluding diaryl/α,β-unsaturated/α-hetero) is 1. The molecule has 10 aromatic rings. The first-order valence-corrected chi connectivity index (χ1v) is 47.4. The molecule has 0 radical (unpaired) electrons. The number of ether oxygens (including phenoxy) is 5. The molecule has 130 heavy (non-hydrogen) atoms. The largest absolute Gasteiger partial charge is 0.744 e. The summed E-state index contributed by atoms with van der Waals surface area (Å²) >= 11 is 26.2. The van der Waals surface area contributed by atoms with Crippen molar-refractivity contribution < 1.29 is 84.1 Å². The van der Waals surface area contributed by atoms with Gasteiger partial charge in [0.25, 0.3) is 11.8 Å². The van der Waals surface area contributed by atoms with E-state index >= 15 is 0 Å². The highest BCUT2D eigenvalue weighted by Crippen LogP contribution is 2.48. The topological polar surface area (TPSA) is 379 Å². The number of anilines is 2. The molecule has 0 aliphatic carbocycles. The fourth-order valence-electron chi connectivity index (χ4n) is 14.8. The van der Waals surface area contributed by atoms with Crippen molar-refractivity contribution in [1.82, 2.24) is 5.32 Å². The van der Waals surface area contributed by atoms with Crippen molar-refractivity contribution >= 4 is 146 Å². The third kappa shape index (κ3) is 26.3. The molecule has 1 heterocycles. The highest BCUT2D eigenvalue weighted by atomic mass is 35.5. The maximum Gasteiger partial charge on any atom is 0.280 e. The van der Waals surface area contributed by atoms with Crippen LogP contribution < -0.4 is 39.3 Å². The van der Waals surface area contributed by atoms with Crippen LogP contribution in [0.5, 0.6) is 51.7 Å². The van der Waals surface area contributed by atoms with E-state index in [4.69, 9.17) is 70.1 Å². The van der Waals surface area contributed by atoms with E-state index < -0.39 is 71.3 Å². The Morgan fingerprint density at radius 1 is 0.608 bits per heavy atom. The van der Waals surface area contributed by atoms with Crippen molar-refractivity contribution in [2.45, 2.75) is 223 Å². The molecule has 2 unspecified atom stereocenters. The van der Waals surface area contributed by atoms with Gasteiger partial charge in [-0.15, -0.1) is 5.11 Å². The number of ketones is 1. The molecule has 1 aliphatic heterocycles. The first-order chi connectivity index (χ1) is 61.6. The lowest BCUT2D eigenvalue weighted by molar-refractivity contribution is -0.125. The summed E-state index contributed by atoms with van der Waals surface area (Å²) in [6.07, 6.45) is 15.0. The van der Waals surface area contributed by atoms with E-state index in [0.717, 1.165) is 67.5 Å². The highest BCUT2D eigenvalue weighted by Gasteiger charge is 2.40. The van der Waals surface area contributed by atoms with Crippen LogP contribution in [-0.4, -0.2) is 110 Å². The van der Waals surface area contributed by atoms with E-state index in [9.17, 15) is 60.4 Å². The Hall–Kier alpha value is -11.0. The summed E-state index contributed by atoms with van der Waals surface area (Å²) in [4.78, 5) is 51.9. The molecule has 0 aromatic heterocycles. The zero-order chi connectivity index (χ0) is 94.7. The minimum absolute atomic E-state index is 0.0104. The smallest absolute Gasteiger partial charge is 0.280 e. The van der Waals surface area contributed by atoms with Gasteiger partial charge in [0, 0.05) is 69.7 Å². The van der Waals surface area contributed by atoms with Crippen LogP contribution >= 0.6 is 46.4 Å². The molecule has 0 bridgehead atoms. The summed E-state index contributed by atoms with van der Waals surface area (Å²) in [5, 5.41) is 61.8. The van der Waals surface area contributed by atoms with Gasteiger partial charge in [-0.1, -0.05) is 222 Å². The van der Waals surface area contributed by atoms with Gasteiger partial charge in [0.2, 0.25) is 5.91 Å². The highest BCUT2D eigenvalue weighted by molar-refractivity contribution is 7.86. The fourth-order valence-corrected chi connectivity index (χ4v) is 17.1. The van der Waals surface area contributed by atoms with E-state index in [2.05, 4.69) is 103 Å². The van der Waals surface area contributed by atoms with Gasteiger partial charge in [-0.2, -0.15) is 25.5 Å². The van der Waals surface area contributed by atoms with Gasteiger partial charge in [0.15, 0.2) is 35.2 Å².